The van der Waals surface area contributed by atoms with E-state index in [0.717, 1.165) is 24.6 Å². The Labute approximate surface area is 117 Å². The van der Waals surface area contributed by atoms with Crippen molar-refractivity contribution in [3.63, 3.8) is 0 Å². The van der Waals surface area contributed by atoms with Crippen LogP contribution in [0.2, 0.25) is 0 Å². The van der Waals surface area contributed by atoms with Crippen LogP contribution in [0.15, 0.2) is 24.7 Å². The lowest BCUT2D eigenvalue weighted by Gasteiger charge is -2.06. The van der Waals surface area contributed by atoms with Gasteiger partial charge in [0.25, 0.3) is 5.91 Å². The summed E-state index contributed by atoms with van der Waals surface area (Å²) in [6.45, 7) is 5.93. The molecule has 0 aliphatic carbocycles. The van der Waals surface area contributed by atoms with Crippen LogP contribution in [0.5, 0.6) is 0 Å². The Morgan fingerprint density at radius 3 is 2.85 bits per heavy atom. The van der Waals surface area contributed by atoms with E-state index < -0.39 is 0 Å². The summed E-state index contributed by atoms with van der Waals surface area (Å²) in [6.07, 6.45) is 3.29. The molecule has 0 saturated heterocycles. The van der Waals surface area contributed by atoms with Crippen LogP contribution < -0.4 is 10.6 Å². The van der Waals surface area contributed by atoms with Crippen molar-refractivity contribution in [3.8, 4) is 0 Å². The number of pyridine rings is 1. The first-order valence-electron chi connectivity index (χ1n) is 6.59. The summed E-state index contributed by atoms with van der Waals surface area (Å²) in [5.41, 5.74) is 1.28. The number of anilines is 1. The van der Waals surface area contributed by atoms with Gasteiger partial charge in [0.1, 0.15) is 12.0 Å². The number of carbonyl (C=O) groups excluding carboxylic acids is 1. The highest BCUT2D eigenvalue weighted by Crippen LogP contribution is 2.05. The largest absolute Gasteiger partial charge is 0.384 e. The van der Waals surface area contributed by atoms with Crippen LogP contribution in [-0.4, -0.2) is 32.2 Å². The molecule has 2 rings (SSSR count). The summed E-state index contributed by atoms with van der Waals surface area (Å²) in [5.74, 6) is 0.504. The van der Waals surface area contributed by atoms with Crippen LogP contribution >= 0.6 is 0 Å². The van der Waals surface area contributed by atoms with Crippen molar-refractivity contribution < 1.29 is 4.79 Å². The fraction of sp³-hybridized carbons (Fsp3) is 0.385. The van der Waals surface area contributed by atoms with Gasteiger partial charge in [0.05, 0.1) is 18.4 Å². The predicted octanol–water partition coefficient (Wildman–Crippen LogP) is 1.05. The van der Waals surface area contributed by atoms with Gasteiger partial charge < -0.3 is 15.2 Å². The maximum absolute atomic E-state index is 12.0. The number of aryl methyl sites for hydroxylation is 1. The molecule has 0 aliphatic rings. The van der Waals surface area contributed by atoms with Crippen molar-refractivity contribution in [2.75, 3.05) is 11.9 Å². The van der Waals surface area contributed by atoms with Gasteiger partial charge in [0.2, 0.25) is 0 Å². The Bertz CT molecular complexity index is 562. The Morgan fingerprint density at radius 1 is 1.35 bits per heavy atom. The third kappa shape index (κ3) is 3.31. The molecule has 2 heterocycles. The van der Waals surface area contributed by atoms with Crippen LogP contribution in [0.25, 0.3) is 0 Å². The van der Waals surface area contributed by atoms with E-state index in [2.05, 4.69) is 25.8 Å². The summed E-state index contributed by atoms with van der Waals surface area (Å²) in [5, 5.41) is 13.7. The van der Waals surface area contributed by atoms with Gasteiger partial charge in [-0.05, 0) is 26.0 Å². The number of amides is 1. The van der Waals surface area contributed by atoms with Crippen molar-refractivity contribution in [1.29, 1.82) is 0 Å². The molecule has 0 aromatic carbocycles. The Morgan fingerprint density at radius 2 is 2.20 bits per heavy atom. The van der Waals surface area contributed by atoms with Gasteiger partial charge in [-0.25, -0.2) is 4.98 Å². The Kier molecular flexibility index (Phi) is 4.65. The molecule has 7 nitrogen and oxygen atoms in total. The molecule has 2 aromatic rings. The minimum atomic E-state index is -0.223. The van der Waals surface area contributed by atoms with Crippen LogP contribution in [0.3, 0.4) is 0 Å². The Hall–Kier alpha value is -2.44. The molecule has 0 spiro atoms. The zero-order valence-electron chi connectivity index (χ0n) is 11.6. The Balaban J connectivity index is 1.94. The highest BCUT2D eigenvalue weighted by molar-refractivity contribution is 5.92. The van der Waals surface area contributed by atoms with Gasteiger partial charge in [-0.3, -0.25) is 4.79 Å². The number of nitrogens with zero attached hydrogens (tertiary/aromatic N) is 4. The number of hydrogen-bond donors (Lipinski definition) is 2. The predicted molar refractivity (Wildman–Crippen MR) is 75.3 cm³/mol. The molecule has 0 radical (unpaired) electrons. The second-order valence-electron chi connectivity index (χ2n) is 4.18. The smallest absolute Gasteiger partial charge is 0.270 e. The molecular weight excluding hydrogens is 256 g/mol. The molecule has 0 saturated carbocycles. The van der Waals surface area contributed by atoms with Crippen LogP contribution in [0.1, 0.15) is 30.2 Å². The summed E-state index contributed by atoms with van der Waals surface area (Å²) >= 11 is 0. The van der Waals surface area contributed by atoms with Gasteiger partial charge >= 0.3 is 0 Å². The van der Waals surface area contributed by atoms with E-state index in [1.165, 1.54) is 0 Å². The monoisotopic (exact) mass is 274 g/mol. The molecule has 0 fully saturated rings. The van der Waals surface area contributed by atoms with Gasteiger partial charge in [-0.15, -0.1) is 10.2 Å². The minimum Gasteiger partial charge on any atom is -0.384 e. The molecule has 0 bridgehead atoms. The topological polar surface area (TPSA) is 84.7 Å². The molecule has 0 atom stereocenters. The zero-order chi connectivity index (χ0) is 14.4. The maximum atomic E-state index is 12.0. The molecule has 20 heavy (non-hydrogen) atoms. The number of aromatic nitrogens is 4. The van der Waals surface area contributed by atoms with Gasteiger partial charge in [-0.2, -0.15) is 0 Å². The van der Waals surface area contributed by atoms with E-state index in [9.17, 15) is 4.79 Å². The van der Waals surface area contributed by atoms with Crippen LogP contribution in [0, 0.1) is 0 Å². The number of rotatable bonds is 6. The molecule has 7 heteroatoms. The zero-order valence-corrected chi connectivity index (χ0v) is 11.6. The molecule has 1 amide bonds. The summed E-state index contributed by atoms with van der Waals surface area (Å²) in [6, 6.07) is 3.53. The van der Waals surface area contributed by atoms with Crippen molar-refractivity contribution in [1.82, 2.24) is 25.1 Å². The summed E-state index contributed by atoms with van der Waals surface area (Å²) in [4.78, 5) is 16.1. The number of nitrogens with one attached hydrogen (secondary N) is 2. The second-order valence-corrected chi connectivity index (χ2v) is 4.18. The van der Waals surface area contributed by atoms with Gasteiger partial charge in [0, 0.05) is 13.1 Å². The van der Waals surface area contributed by atoms with Crippen molar-refractivity contribution >= 4 is 11.6 Å². The number of carbonyl (C=O) groups is 1. The average molecular weight is 274 g/mol. The quantitative estimate of drug-likeness (QED) is 0.822. The molecule has 0 aliphatic heterocycles. The second kappa shape index (κ2) is 6.65. The van der Waals surface area contributed by atoms with E-state index in [1.54, 1.807) is 18.6 Å². The third-order valence-corrected chi connectivity index (χ3v) is 2.82. The van der Waals surface area contributed by atoms with Crippen LogP contribution in [-0.2, 0) is 13.1 Å². The normalized spacial score (nSPS) is 10.3. The van der Waals surface area contributed by atoms with Gasteiger partial charge in [-0.1, -0.05) is 0 Å². The highest BCUT2D eigenvalue weighted by Gasteiger charge is 2.09. The first-order chi connectivity index (χ1) is 9.74. The molecule has 2 N–H and O–H groups in total. The molecule has 106 valence electrons. The fourth-order valence-electron chi connectivity index (χ4n) is 1.77. The first-order valence-corrected chi connectivity index (χ1v) is 6.59. The minimum absolute atomic E-state index is 0.223. The standard InChI is InChI=1S/C13H18N6O/c1-3-14-10-5-6-11(15-7-10)13(20)16-8-12-18-17-9-19(12)4-2/h5-7,9,14H,3-4,8H2,1-2H3,(H,16,20). The van der Waals surface area contributed by atoms with E-state index >= 15 is 0 Å². The fourth-order valence-corrected chi connectivity index (χ4v) is 1.77. The van der Waals surface area contributed by atoms with E-state index in [-0.39, 0.29) is 5.91 Å². The van der Waals surface area contributed by atoms with E-state index in [0.29, 0.717) is 12.2 Å². The third-order valence-electron chi connectivity index (χ3n) is 2.82. The summed E-state index contributed by atoms with van der Waals surface area (Å²) in [7, 11) is 0. The molecular formula is C13H18N6O. The average Bonchev–Trinajstić information content (AvgIpc) is 2.93. The van der Waals surface area contributed by atoms with Crippen molar-refractivity contribution in [3.05, 3.63) is 36.2 Å². The van der Waals surface area contributed by atoms with Crippen molar-refractivity contribution in [2.24, 2.45) is 0 Å². The highest BCUT2D eigenvalue weighted by atomic mass is 16.1. The lowest BCUT2D eigenvalue weighted by atomic mass is 10.3. The van der Waals surface area contributed by atoms with Crippen LogP contribution in [0.4, 0.5) is 5.69 Å². The van der Waals surface area contributed by atoms with E-state index in [4.69, 9.17) is 0 Å². The summed E-state index contributed by atoms with van der Waals surface area (Å²) < 4.78 is 1.88. The molecule has 0 unspecified atom stereocenters. The lowest BCUT2D eigenvalue weighted by Crippen LogP contribution is -2.25. The lowest BCUT2D eigenvalue weighted by molar-refractivity contribution is 0.0944. The van der Waals surface area contributed by atoms with Crippen molar-refractivity contribution in [2.45, 2.75) is 26.9 Å². The first kappa shape index (κ1) is 14.0. The van der Waals surface area contributed by atoms with E-state index in [1.807, 2.05) is 24.5 Å². The molecule has 2 aromatic heterocycles. The SMILES string of the molecule is CCNc1ccc(C(=O)NCc2nncn2CC)nc1. The number of hydrogen-bond acceptors (Lipinski definition) is 5. The maximum Gasteiger partial charge on any atom is 0.270 e. The van der Waals surface area contributed by atoms with Gasteiger partial charge in [0.15, 0.2) is 5.82 Å².